The maximum atomic E-state index is 12.3. The van der Waals surface area contributed by atoms with Gasteiger partial charge in [-0.15, -0.1) is 0 Å². The summed E-state index contributed by atoms with van der Waals surface area (Å²) in [5.41, 5.74) is 3.71. The Morgan fingerprint density at radius 1 is 1.06 bits per heavy atom. The molecule has 1 saturated carbocycles. The number of hydrogen-bond donors (Lipinski definition) is 0. The second-order valence-corrected chi connectivity index (χ2v) is 6.10. The summed E-state index contributed by atoms with van der Waals surface area (Å²) in [6.07, 6.45) is 5.28. The van der Waals surface area contributed by atoms with Gasteiger partial charge in [-0.2, -0.15) is 0 Å². The van der Waals surface area contributed by atoms with E-state index < -0.39 is 0 Å². The lowest BCUT2D eigenvalue weighted by molar-refractivity contribution is -0.123. The van der Waals surface area contributed by atoms with Gasteiger partial charge in [-0.05, 0) is 38.2 Å². The van der Waals surface area contributed by atoms with Crippen LogP contribution in [0.5, 0.6) is 0 Å². The number of rotatable bonds is 3. The summed E-state index contributed by atoms with van der Waals surface area (Å²) in [4.78, 5) is 12.3. The lowest BCUT2D eigenvalue weighted by atomic mass is 9.79. The lowest BCUT2D eigenvalue weighted by Crippen LogP contribution is -2.22. The second-order valence-electron chi connectivity index (χ2n) is 6.10. The van der Waals surface area contributed by atoms with Crippen molar-refractivity contribution in [2.45, 2.75) is 52.9 Å². The smallest absolute Gasteiger partial charge is 0.140 e. The molecule has 0 aliphatic heterocycles. The van der Waals surface area contributed by atoms with Crippen LogP contribution in [0.2, 0.25) is 0 Å². The zero-order valence-corrected chi connectivity index (χ0v) is 11.8. The van der Waals surface area contributed by atoms with Crippen LogP contribution in [-0.4, -0.2) is 5.78 Å². The first kappa shape index (κ1) is 13.3. The van der Waals surface area contributed by atoms with Crippen molar-refractivity contribution in [2.75, 3.05) is 0 Å². The van der Waals surface area contributed by atoms with Crippen molar-refractivity contribution in [3.8, 4) is 0 Å². The highest BCUT2D eigenvalue weighted by atomic mass is 16.1. The Bertz CT molecular complexity index is 405. The van der Waals surface area contributed by atoms with Gasteiger partial charge < -0.3 is 0 Å². The molecule has 2 rings (SSSR count). The van der Waals surface area contributed by atoms with Gasteiger partial charge in [0.2, 0.25) is 0 Å². The molecule has 0 unspecified atom stereocenters. The Labute approximate surface area is 111 Å². The standard InChI is InChI=1S/C17H24O/c1-12-4-6-16(7-5-12)17(18)11-15-9-13(2)8-14(3)10-15/h8-10,12,16H,4-7,11H2,1-3H3. The molecule has 1 nitrogen and oxygen atoms in total. The number of benzene rings is 1. The highest BCUT2D eigenvalue weighted by molar-refractivity contribution is 5.83. The lowest BCUT2D eigenvalue weighted by Gasteiger charge is -2.25. The van der Waals surface area contributed by atoms with Crippen LogP contribution in [0.1, 0.15) is 49.3 Å². The van der Waals surface area contributed by atoms with E-state index in [4.69, 9.17) is 0 Å². The number of aryl methyl sites for hydroxylation is 2. The minimum atomic E-state index is 0.321. The fourth-order valence-corrected chi connectivity index (χ4v) is 3.10. The van der Waals surface area contributed by atoms with E-state index >= 15 is 0 Å². The van der Waals surface area contributed by atoms with Gasteiger partial charge in [0.15, 0.2) is 0 Å². The molecular weight excluding hydrogens is 220 g/mol. The fourth-order valence-electron chi connectivity index (χ4n) is 3.10. The third-order valence-corrected chi connectivity index (χ3v) is 4.13. The van der Waals surface area contributed by atoms with Gasteiger partial charge in [-0.1, -0.05) is 49.1 Å². The van der Waals surface area contributed by atoms with Crippen molar-refractivity contribution in [2.24, 2.45) is 11.8 Å². The van der Waals surface area contributed by atoms with Crippen LogP contribution < -0.4 is 0 Å². The Morgan fingerprint density at radius 2 is 1.61 bits per heavy atom. The number of carbonyl (C=O) groups excluding carboxylic acids is 1. The van der Waals surface area contributed by atoms with Gasteiger partial charge in [0, 0.05) is 12.3 Å². The van der Waals surface area contributed by atoms with Crippen LogP contribution in [0.4, 0.5) is 0 Å². The summed E-state index contributed by atoms with van der Waals surface area (Å²) in [6.45, 7) is 6.50. The summed E-state index contributed by atoms with van der Waals surface area (Å²) in [7, 11) is 0. The van der Waals surface area contributed by atoms with E-state index in [0.717, 1.165) is 18.8 Å². The van der Waals surface area contributed by atoms with Crippen LogP contribution in [0, 0.1) is 25.7 Å². The van der Waals surface area contributed by atoms with Gasteiger partial charge in [0.25, 0.3) is 0 Å². The first-order chi connectivity index (χ1) is 8.54. The second kappa shape index (κ2) is 5.69. The monoisotopic (exact) mass is 244 g/mol. The molecular formula is C17H24O. The maximum absolute atomic E-state index is 12.3. The van der Waals surface area contributed by atoms with Gasteiger partial charge in [-0.3, -0.25) is 4.79 Å². The summed E-state index contributed by atoms with van der Waals surface area (Å²) in [5, 5.41) is 0. The average molecular weight is 244 g/mol. The van der Waals surface area contributed by atoms with E-state index in [1.54, 1.807) is 0 Å². The zero-order valence-electron chi connectivity index (χ0n) is 11.8. The zero-order chi connectivity index (χ0) is 13.1. The minimum Gasteiger partial charge on any atom is -0.299 e. The molecule has 0 aromatic heterocycles. The average Bonchev–Trinajstić information content (AvgIpc) is 2.28. The first-order valence-electron chi connectivity index (χ1n) is 7.14. The predicted octanol–water partition coefficient (Wildman–Crippen LogP) is 4.24. The molecule has 0 saturated heterocycles. The van der Waals surface area contributed by atoms with E-state index in [1.807, 2.05) is 0 Å². The maximum Gasteiger partial charge on any atom is 0.140 e. The number of carbonyl (C=O) groups is 1. The minimum absolute atomic E-state index is 0.321. The van der Waals surface area contributed by atoms with Crippen molar-refractivity contribution >= 4 is 5.78 Å². The summed E-state index contributed by atoms with van der Waals surface area (Å²) >= 11 is 0. The van der Waals surface area contributed by atoms with Gasteiger partial charge in [0.1, 0.15) is 5.78 Å². The van der Waals surface area contributed by atoms with E-state index in [0.29, 0.717) is 18.1 Å². The molecule has 1 heteroatoms. The summed E-state index contributed by atoms with van der Waals surface area (Å²) < 4.78 is 0. The molecule has 0 radical (unpaired) electrons. The van der Waals surface area contributed by atoms with E-state index in [1.165, 1.54) is 29.5 Å². The van der Waals surface area contributed by atoms with E-state index in [-0.39, 0.29) is 0 Å². The van der Waals surface area contributed by atoms with Gasteiger partial charge >= 0.3 is 0 Å². The van der Waals surface area contributed by atoms with Crippen molar-refractivity contribution in [1.82, 2.24) is 0 Å². The topological polar surface area (TPSA) is 17.1 Å². The largest absolute Gasteiger partial charge is 0.299 e. The molecule has 1 aliphatic carbocycles. The number of Topliss-reactive ketones (excluding diaryl/α,β-unsaturated/α-hetero) is 1. The predicted molar refractivity (Wildman–Crippen MR) is 75.7 cm³/mol. The molecule has 98 valence electrons. The van der Waals surface area contributed by atoms with Crippen molar-refractivity contribution < 1.29 is 4.79 Å². The fraction of sp³-hybridized carbons (Fsp3) is 0.588. The van der Waals surface area contributed by atoms with Crippen molar-refractivity contribution in [3.05, 3.63) is 34.9 Å². The number of hydrogen-bond acceptors (Lipinski definition) is 1. The third kappa shape index (κ3) is 3.44. The normalized spacial score (nSPS) is 23.9. The molecule has 1 aromatic carbocycles. The first-order valence-corrected chi connectivity index (χ1v) is 7.14. The Morgan fingerprint density at radius 3 is 2.17 bits per heavy atom. The quantitative estimate of drug-likeness (QED) is 0.777. The molecule has 0 bridgehead atoms. The van der Waals surface area contributed by atoms with Crippen molar-refractivity contribution in [3.63, 3.8) is 0 Å². The van der Waals surface area contributed by atoms with Gasteiger partial charge in [-0.25, -0.2) is 0 Å². The van der Waals surface area contributed by atoms with E-state index in [9.17, 15) is 4.79 Å². The Hall–Kier alpha value is -1.11. The van der Waals surface area contributed by atoms with Crippen LogP contribution in [0.3, 0.4) is 0 Å². The third-order valence-electron chi connectivity index (χ3n) is 4.13. The van der Waals surface area contributed by atoms with E-state index in [2.05, 4.69) is 39.0 Å². The van der Waals surface area contributed by atoms with Gasteiger partial charge in [0.05, 0.1) is 0 Å². The summed E-state index contributed by atoms with van der Waals surface area (Å²) in [6, 6.07) is 6.46. The Balaban J connectivity index is 1.98. The van der Waals surface area contributed by atoms with Crippen LogP contribution in [0.15, 0.2) is 18.2 Å². The molecule has 0 amide bonds. The molecule has 18 heavy (non-hydrogen) atoms. The highest BCUT2D eigenvalue weighted by Crippen LogP contribution is 2.29. The molecule has 0 spiro atoms. The summed E-state index contributed by atoms with van der Waals surface area (Å²) in [5.74, 6) is 1.59. The molecule has 1 fully saturated rings. The van der Waals surface area contributed by atoms with Crippen LogP contribution in [0.25, 0.3) is 0 Å². The molecule has 1 aliphatic rings. The highest BCUT2D eigenvalue weighted by Gasteiger charge is 2.24. The molecule has 0 atom stereocenters. The van der Waals surface area contributed by atoms with Crippen LogP contribution >= 0.6 is 0 Å². The molecule has 0 N–H and O–H groups in total. The van der Waals surface area contributed by atoms with Crippen LogP contribution in [-0.2, 0) is 11.2 Å². The van der Waals surface area contributed by atoms with Crippen molar-refractivity contribution in [1.29, 1.82) is 0 Å². The number of ketones is 1. The molecule has 1 aromatic rings. The molecule has 0 heterocycles. The Kier molecular flexibility index (Phi) is 4.21. The SMILES string of the molecule is Cc1cc(C)cc(CC(=O)C2CCC(C)CC2)c1.